The summed E-state index contributed by atoms with van der Waals surface area (Å²) in [6, 6.07) is 6.63. The number of hydrogen-bond acceptors (Lipinski definition) is 1. The second-order valence-corrected chi connectivity index (χ2v) is 5.47. The fraction of sp³-hybridized carbons (Fsp3) is 0.0769. The van der Waals surface area contributed by atoms with Crippen LogP contribution < -0.4 is 0 Å². The minimum absolute atomic E-state index is 0.0561. The van der Waals surface area contributed by atoms with E-state index < -0.39 is 17.7 Å². The van der Waals surface area contributed by atoms with Crippen LogP contribution in [0.15, 0.2) is 34.8 Å². The number of rotatable bonds is 2. The highest BCUT2D eigenvalue weighted by atomic mass is 79.9. The van der Waals surface area contributed by atoms with Gasteiger partial charge in [-0.15, -0.1) is 0 Å². The molecule has 0 spiro atoms. The minimum atomic E-state index is -1.24. The molecule has 0 aromatic heterocycles. The summed E-state index contributed by atoms with van der Waals surface area (Å²) in [7, 11) is 0. The molecule has 0 heterocycles. The summed E-state index contributed by atoms with van der Waals surface area (Å²) in [4.78, 5) is 0. The highest BCUT2D eigenvalue weighted by molar-refractivity contribution is 9.10. The van der Waals surface area contributed by atoms with Crippen LogP contribution in [0, 0.1) is 11.6 Å². The molecule has 0 saturated carbocycles. The van der Waals surface area contributed by atoms with Crippen molar-refractivity contribution < 1.29 is 13.9 Å². The lowest BCUT2D eigenvalue weighted by Gasteiger charge is -2.15. The molecule has 0 fully saturated rings. The zero-order valence-electron chi connectivity index (χ0n) is 9.30. The van der Waals surface area contributed by atoms with Gasteiger partial charge in [0.15, 0.2) is 11.6 Å². The zero-order valence-corrected chi connectivity index (χ0v) is 12.4. The monoisotopic (exact) mass is 366 g/mol. The maximum absolute atomic E-state index is 13.2. The summed E-state index contributed by atoms with van der Waals surface area (Å²) >= 11 is 15.1. The summed E-state index contributed by atoms with van der Waals surface area (Å²) < 4.78 is 26.8. The van der Waals surface area contributed by atoms with Crippen LogP contribution in [0.25, 0.3) is 0 Å². The Bertz CT molecular complexity index is 634. The summed E-state index contributed by atoms with van der Waals surface area (Å²) in [5, 5.41) is 10.4. The van der Waals surface area contributed by atoms with Crippen molar-refractivity contribution in [3.05, 3.63) is 67.6 Å². The molecule has 2 aromatic carbocycles. The first kappa shape index (κ1) is 14.7. The van der Waals surface area contributed by atoms with Crippen molar-refractivity contribution in [2.45, 2.75) is 6.10 Å². The van der Waals surface area contributed by atoms with Crippen LogP contribution in [-0.4, -0.2) is 5.11 Å². The molecule has 100 valence electrons. The Balaban J connectivity index is 2.53. The van der Waals surface area contributed by atoms with Gasteiger partial charge in [-0.25, -0.2) is 8.78 Å². The molecule has 0 radical (unpaired) electrons. The van der Waals surface area contributed by atoms with E-state index in [-0.39, 0.29) is 15.6 Å². The first-order valence-electron chi connectivity index (χ1n) is 5.18. The number of aliphatic hydroxyl groups excluding tert-OH is 1. The van der Waals surface area contributed by atoms with Crippen molar-refractivity contribution in [3.63, 3.8) is 0 Å². The van der Waals surface area contributed by atoms with Gasteiger partial charge in [0, 0.05) is 20.6 Å². The van der Waals surface area contributed by atoms with Gasteiger partial charge in [-0.2, -0.15) is 0 Å². The third-order valence-corrected chi connectivity index (χ3v) is 4.25. The van der Waals surface area contributed by atoms with Crippen LogP contribution >= 0.6 is 39.1 Å². The molecule has 6 heteroatoms. The lowest BCUT2D eigenvalue weighted by molar-refractivity contribution is 0.219. The molecule has 2 aromatic rings. The van der Waals surface area contributed by atoms with Crippen LogP contribution in [0.1, 0.15) is 17.2 Å². The first-order valence-corrected chi connectivity index (χ1v) is 6.73. The maximum atomic E-state index is 13.2. The Morgan fingerprint density at radius 1 is 1.05 bits per heavy atom. The number of aliphatic hydroxyl groups is 1. The number of benzene rings is 2. The smallest absolute Gasteiger partial charge is 0.160 e. The van der Waals surface area contributed by atoms with Crippen LogP contribution in [-0.2, 0) is 0 Å². The lowest BCUT2D eigenvalue weighted by atomic mass is 10.0. The second-order valence-electron chi connectivity index (χ2n) is 3.83. The van der Waals surface area contributed by atoms with E-state index in [9.17, 15) is 13.9 Å². The van der Waals surface area contributed by atoms with Crippen molar-refractivity contribution in [3.8, 4) is 0 Å². The van der Waals surface area contributed by atoms with E-state index in [0.29, 0.717) is 10.0 Å². The molecule has 1 unspecified atom stereocenters. The van der Waals surface area contributed by atoms with Gasteiger partial charge in [-0.3, -0.25) is 0 Å². The van der Waals surface area contributed by atoms with E-state index in [4.69, 9.17) is 23.2 Å². The Kier molecular flexibility index (Phi) is 4.46. The van der Waals surface area contributed by atoms with Crippen LogP contribution in [0.5, 0.6) is 0 Å². The van der Waals surface area contributed by atoms with E-state index in [0.717, 1.165) is 12.1 Å². The van der Waals surface area contributed by atoms with Crippen LogP contribution in [0.4, 0.5) is 8.78 Å². The van der Waals surface area contributed by atoms with E-state index in [1.165, 1.54) is 0 Å². The van der Waals surface area contributed by atoms with Crippen molar-refractivity contribution in [2.24, 2.45) is 0 Å². The number of halogens is 5. The van der Waals surface area contributed by atoms with E-state index >= 15 is 0 Å². The second kappa shape index (κ2) is 5.75. The van der Waals surface area contributed by atoms with Crippen LogP contribution in [0.3, 0.4) is 0 Å². The highest BCUT2D eigenvalue weighted by Gasteiger charge is 2.20. The molecule has 0 saturated heterocycles. The minimum Gasteiger partial charge on any atom is -0.384 e. The van der Waals surface area contributed by atoms with Crippen molar-refractivity contribution in [2.75, 3.05) is 0 Å². The third-order valence-electron chi connectivity index (χ3n) is 2.61. The largest absolute Gasteiger partial charge is 0.384 e. The molecule has 2 rings (SSSR count). The SMILES string of the molecule is OC(c1cc(F)c(F)cc1Cl)c1cccc(Br)c1Cl. The molecule has 1 N–H and O–H groups in total. The number of hydrogen-bond donors (Lipinski definition) is 1. The van der Waals surface area contributed by atoms with Gasteiger partial charge in [-0.05, 0) is 34.1 Å². The lowest BCUT2D eigenvalue weighted by Crippen LogP contribution is -2.03. The van der Waals surface area contributed by atoms with Crippen molar-refractivity contribution >= 4 is 39.1 Å². The maximum Gasteiger partial charge on any atom is 0.160 e. The third kappa shape index (κ3) is 2.92. The molecule has 0 aliphatic heterocycles. The normalized spacial score (nSPS) is 12.5. The fourth-order valence-electron chi connectivity index (χ4n) is 1.65. The van der Waals surface area contributed by atoms with Gasteiger partial charge in [0.05, 0.1) is 5.02 Å². The average molecular weight is 368 g/mol. The Labute approximate surface area is 126 Å². The standard InChI is InChI=1S/C13H7BrCl2F2O/c14-8-3-1-2-6(12(8)16)13(19)7-4-10(17)11(18)5-9(7)15/h1-5,13,19H. The van der Waals surface area contributed by atoms with Crippen molar-refractivity contribution in [1.82, 2.24) is 0 Å². The summed E-state index contributed by atoms with van der Waals surface area (Å²) in [6.45, 7) is 0. The molecule has 0 aliphatic rings. The van der Waals surface area contributed by atoms with Gasteiger partial charge in [0.25, 0.3) is 0 Å². The van der Waals surface area contributed by atoms with E-state index in [2.05, 4.69) is 15.9 Å². The van der Waals surface area contributed by atoms with Gasteiger partial charge < -0.3 is 5.11 Å². The topological polar surface area (TPSA) is 20.2 Å². The molecule has 1 atom stereocenters. The van der Waals surface area contributed by atoms with Gasteiger partial charge >= 0.3 is 0 Å². The summed E-state index contributed by atoms with van der Waals surface area (Å²) in [6.07, 6.45) is -1.24. The quantitative estimate of drug-likeness (QED) is 0.730. The molecule has 0 aliphatic carbocycles. The Morgan fingerprint density at radius 3 is 2.37 bits per heavy atom. The Morgan fingerprint density at radius 2 is 1.68 bits per heavy atom. The summed E-state index contributed by atoms with van der Waals surface area (Å²) in [5.41, 5.74) is 0.407. The predicted molar refractivity (Wildman–Crippen MR) is 74.6 cm³/mol. The molecule has 0 amide bonds. The van der Waals surface area contributed by atoms with E-state index in [1.54, 1.807) is 18.2 Å². The van der Waals surface area contributed by atoms with Crippen LogP contribution in [0.2, 0.25) is 10.0 Å². The first-order chi connectivity index (χ1) is 8.91. The van der Waals surface area contributed by atoms with Gasteiger partial charge in [0.1, 0.15) is 6.10 Å². The zero-order chi connectivity index (χ0) is 14.2. The average Bonchev–Trinajstić information content (AvgIpc) is 2.36. The van der Waals surface area contributed by atoms with Gasteiger partial charge in [0.2, 0.25) is 0 Å². The molecule has 0 bridgehead atoms. The highest BCUT2D eigenvalue weighted by Crippen LogP contribution is 2.36. The molecular formula is C13H7BrCl2F2O. The van der Waals surface area contributed by atoms with E-state index in [1.807, 2.05) is 0 Å². The molecular weight excluding hydrogens is 361 g/mol. The fourth-order valence-corrected chi connectivity index (χ4v) is 2.51. The molecule has 19 heavy (non-hydrogen) atoms. The van der Waals surface area contributed by atoms with Gasteiger partial charge in [-0.1, -0.05) is 35.3 Å². The van der Waals surface area contributed by atoms with Crippen molar-refractivity contribution in [1.29, 1.82) is 0 Å². The molecule has 1 nitrogen and oxygen atoms in total. The predicted octanol–water partition coefficient (Wildman–Crippen LogP) is 5.12. The summed E-state index contributed by atoms with van der Waals surface area (Å²) in [5.74, 6) is -2.15. The Hall–Kier alpha value is -0.680.